The number of carbonyl (C=O) groups excluding carboxylic acids is 1. The van der Waals surface area contributed by atoms with E-state index < -0.39 is 0 Å². The molecule has 1 amide bonds. The van der Waals surface area contributed by atoms with Gasteiger partial charge in [0.15, 0.2) is 0 Å². The molecule has 0 spiro atoms. The fraction of sp³-hybridized carbons (Fsp3) is 0.500. The molecule has 1 aliphatic heterocycles. The van der Waals surface area contributed by atoms with Gasteiger partial charge in [-0.2, -0.15) is 0 Å². The summed E-state index contributed by atoms with van der Waals surface area (Å²) in [5, 5.41) is 6.19. The Labute approximate surface area is 108 Å². The maximum Gasteiger partial charge on any atom is 0.251 e. The van der Waals surface area contributed by atoms with Gasteiger partial charge in [-0.05, 0) is 43.5 Å². The minimum Gasteiger partial charge on any atom is -0.385 e. The summed E-state index contributed by atoms with van der Waals surface area (Å²) in [5.74, 6) is -0.0249. The van der Waals surface area contributed by atoms with Gasteiger partial charge in [-0.25, -0.2) is 0 Å². The van der Waals surface area contributed by atoms with Crippen molar-refractivity contribution in [2.75, 3.05) is 31.6 Å². The van der Waals surface area contributed by atoms with Gasteiger partial charge in [0.25, 0.3) is 5.91 Å². The van der Waals surface area contributed by atoms with E-state index in [2.05, 4.69) is 10.6 Å². The lowest BCUT2D eigenvalue weighted by Gasteiger charge is -2.18. The first-order chi connectivity index (χ1) is 8.81. The summed E-state index contributed by atoms with van der Waals surface area (Å²) in [6, 6.07) is 5.84. The topological polar surface area (TPSA) is 50.4 Å². The van der Waals surface area contributed by atoms with E-state index in [0.29, 0.717) is 19.8 Å². The molecular weight excluding hydrogens is 228 g/mol. The Morgan fingerprint density at radius 2 is 2.39 bits per heavy atom. The number of anilines is 1. The van der Waals surface area contributed by atoms with E-state index in [-0.39, 0.29) is 5.91 Å². The van der Waals surface area contributed by atoms with Gasteiger partial charge in [-0.3, -0.25) is 4.79 Å². The smallest absolute Gasteiger partial charge is 0.251 e. The van der Waals surface area contributed by atoms with E-state index in [4.69, 9.17) is 4.74 Å². The molecule has 0 atom stereocenters. The Kier molecular flexibility index (Phi) is 4.59. The van der Waals surface area contributed by atoms with E-state index in [9.17, 15) is 4.79 Å². The Morgan fingerprint density at radius 1 is 1.50 bits per heavy atom. The first kappa shape index (κ1) is 12.9. The first-order valence-electron chi connectivity index (χ1n) is 6.54. The second kappa shape index (κ2) is 6.40. The van der Waals surface area contributed by atoms with Gasteiger partial charge in [-0.1, -0.05) is 0 Å². The van der Waals surface area contributed by atoms with Crippen LogP contribution in [0, 0.1) is 0 Å². The van der Waals surface area contributed by atoms with E-state index in [1.807, 2.05) is 25.1 Å². The molecule has 2 rings (SSSR count). The van der Waals surface area contributed by atoms with E-state index in [0.717, 1.165) is 30.6 Å². The minimum absolute atomic E-state index is 0.0249. The molecule has 0 unspecified atom stereocenters. The molecule has 1 aromatic rings. The lowest BCUT2D eigenvalue weighted by atomic mass is 10.0. The lowest BCUT2D eigenvalue weighted by Crippen LogP contribution is -2.27. The van der Waals surface area contributed by atoms with Crippen molar-refractivity contribution in [3.8, 4) is 0 Å². The second-order valence-electron chi connectivity index (χ2n) is 4.36. The third-order valence-electron chi connectivity index (χ3n) is 3.04. The molecule has 4 nitrogen and oxygen atoms in total. The highest BCUT2D eigenvalue weighted by molar-refractivity contribution is 5.94. The molecule has 1 aliphatic rings. The highest BCUT2D eigenvalue weighted by atomic mass is 16.5. The van der Waals surface area contributed by atoms with Crippen molar-refractivity contribution in [2.45, 2.75) is 19.8 Å². The number of benzene rings is 1. The predicted molar refractivity (Wildman–Crippen MR) is 72.1 cm³/mol. The van der Waals surface area contributed by atoms with Gasteiger partial charge in [0.05, 0.1) is 6.61 Å². The normalized spacial score (nSPS) is 13.6. The maximum absolute atomic E-state index is 11.9. The monoisotopic (exact) mass is 248 g/mol. The van der Waals surface area contributed by atoms with Crippen molar-refractivity contribution in [2.24, 2.45) is 0 Å². The van der Waals surface area contributed by atoms with Crippen LogP contribution in [-0.4, -0.2) is 32.2 Å². The molecule has 0 aliphatic carbocycles. The van der Waals surface area contributed by atoms with Crippen LogP contribution in [0.25, 0.3) is 0 Å². The predicted octanol–water partition coefficient (Wildman–Crippen LogP) is 1.81. The van der Waals surface area contributed by atoms with E-state index in [1.54, 1.807) is 0 Å². The maximum atomic E-state index is 11.9. The number of amides is 1. The van der Waals surface area contributed by atoms with Crippen LogP contribution in [0.5, 0.6) is 0 Å². The van der Waals surface area contributed by atoms with Gasteiger partial charge in [0, 0.05) is 30.9 Å². The van der Waals surface area contributed by atoms with Crippen LogP contribution < -0.4 is 10.6 Å². The fourth-order valence-electron chi connectivity index (χ4n) is 2.10. The number of rotatable bonds is 5. The van der Waals surface area contributed by atoms with E-state index >= 15 is 0 Å². The Morgan fingerprint density at radius 3 is 3.22 bits per heavy atom. The summed E-state index contributed by atoms with van der Waals surface area (Å²) >= 11 is 0. The fourth-order valence-corrected chi connectivity index (χ4v) is 2.10. The number of ether oxygens (including phenoxy) is 1. The van der Waals surface area contributed by atoms with Crippen LogP contribution in [0.15, 0.2) is 18.2 Å². The average molecular weight is 248 g/mol. The molecule has 98 valence electrons. The third-order valence-corrected chi connectivity index (χ3v) is 3.04. The Bertz CT molecular complexity index is 418. The Balaban J connectivity index is 1.94. The zero-order valence-corrected chi connectivity index (χ0v) is 10.8. The van der Waals surface area contributed by atoms with Crippen LogP contribution in [0.2, 0.25) is 0 Å². The van der Waals surface area contributed by atoms with Gasteiger partial charge in [-0.15, -0.1) is 0 Å². The standard InChI is InChI=1S/C14H20N2O2/c1-2-18-9-8-16-14(17)12-5-6-13-11(10-12)4-3-7-15-13/h5-6,10,15H,2-4,7-9H2,1H3,(H,16,17). The van der Waals surface area contributed by atoms with Gasteiger partial charge >= 0.3 is 0 Å². The van der Waals surface area contributed by atoms with Crippen molar-refractivity contribution >= 4 is 11.6 Å². The quantitative estimate of drug-likeness (QED) is 0.781. The second-order valence-corrected chi connectivity index (χ2v) is 4.36. The lowest BCUT2D eigenvalue weighted by molar-refractivity contribution is 0.0922. The molecule has 18 heavy (non-hydrogen) atoms. The van der Waals surface area contributed by atoms with Crippen LogP contribution in [-0.2, 0) is 11.2 Å². The van der Waals surface area contributed by atoms with Crippen LogP contribution >= 0.6 is 0 Å². The largest absolute Gasteiger partial charge is 0.385 e. The molecule has 0 bridgehead atoms. The number of nitrogens with one attached hydrogen (secondary N) is 2. The van der Waals surface area contributed by atoms with Crippen molar-refractivity contribution in [1.29, 1.82) is 0 Å². The van der Waals surface area contributed by atoms with Gasteiger partial charge < -0.3 is 15.4 Å². The van der Waals surface area contributed by atoms with Crippen molar-refractivity contribution in [1.82, 2.24) is 5.32 Å². The van der Waals surface area contributed by atoms with Crippen molar-refractivity contribution in [3.63, 3.8) is 0 Å². The molecule has 1 heterocycles. The molecule has 1 aromatic carbocycles. The summed E-state index contributed by atoms with van der Waals surface area (Å²) in [4.78, 5) is 11.9. The SMILES string of the molecule is CCOCCNC(=O)c1ccc2c(c1)CCCN2. The van der Waals surface area contributed by atoms with Crippen molar-refractivity contribution < 1.29 is 9.53 Å². The number of fused-ring (bicyclic) bond motifs is 1. The molecule has 0 saturated carbocycles. The molecular formula is C14H20N2O2. The first-order valence-corrected chi connectivity index (χ1v) is 6.54. The minimum atomic E-state index is -0.0249. The highest BCUT2D eigenvalue weighted by Crippen LogP contribution is 2.22. The molecule has 0 fully saturated rings. The number of hydrogen-bond donors (Lipinski definition) is 2. The third kappa shape index (κ3) is 3.23. The molecule has 0 radical (unpaired) electrons. The molecule has 4 heteroatoms. The number of carbonyl (C=O) groups is 1. The molecule has 0 saturated heterocycles. The summed E-state index contributed by atoms with van der Waals surface area (Å²) in [5.41, 5.74) is 3.12. The number of hydrogen-bond acceptors (Lipinski definition) is 3. The van der Waals surface area contributed by atoms with Crippen LogP contribution in [0.3, 0.4) is 0 Å². The van der Waals surface area contributed by atoms with Crippen molar-refractivity contribution in [3.05, 3.63) is 29.3 Å². The number of aryl methyl sites for hydroxylation is 1. The summed E-state index contributed by atoms with van der Waals surface area (Å²) in [6.07, 6.45) is 2.17. The summed E-state index contributed by atoms with van der Waals surface area (Å²) in [7, 11) is 0. The zero-order chi connectivity index (χ0) is 12.8. The van der Waals surface area contributed by atoms with E-state index in [1.165, 1.54) is 5.56 Å². The van der Waals surface area contributed by atoms with Gasteiger partial charge in [0.2, 0.25) is 0 Å². The summed E-state index contributed by atoms with van der Waals surface area (Å²) < 4.78 is 5.19. The Hall–Kier alpha value is -1.55. The van der Waals surface area contributed by atoms with Crippen LogP contribution in [0.4, 0.5) is 5.69 Å². The average Bonchev–Trinajstić information content (AvgIpc) is 2.43. The molecule has 2 N–H and O–H groups in total. The zero-order valence-electron chi connectivity index (χ0n) is 10.8. The van der Waals surface area contributed by atoms with Crippen LogP contribution in [0.1, 0.15) is 29.3 Å². The highest BCUT2D eigenvalue weighted by Gasteiger charge is 2.11. The summed E-state index contributed by atoms with van der Waals surface area (Å²) in [6.45, 7) is 4.77. The molecule has 0 aromatic heterocycles. The van der Waals surface area contributed by atoms with Gasteiger partial charge in [0.1, 0.15) is 0 Å².